The molecule has 1 aliphatic carbocycles. The SMILES string of the molecule is C#CCCCCNC1CCC(C)CC1CC. The van der Waals surface area contributed by atoms with Gasteiger partial charge in [-0.05, 0) is 50.5 Å². The molecule has 0 radical (unpaired) electrons. The maximum absolute atomic E-state index is 5.24. The third-order valence-electron chi connectivity index (χ3n) is 3.92. The number of rotatable bonds is 6. The molecule has 1 aliphatic rings. The Labute approximate surface area is 101 Å². The molecule has 3 unspecified atom stereocenters. The zero-order chi connectivity index (χ0) is 11.8. The molecule has 1 rings (SSSR count). The summed E-state index contributed by atoms with van der Waals surface area (Å²) in [5, 5.41) is 3.73. The van der Waals surface area contributed by atoms with Gasteiger partial charge < -0.3 is 5.32 Å². The van der Waals surface area contributed by atoms with Crippen LogP contribution in [0, 0.1) is 24.2 Å². The van der Waals surface area contributed by atoms with E-state index >= 15 is 0 Å². The first-order valence-corrected chi connectivity index (χ1v) is 6.94. The lowest BCUT2D eigenvalue weighted by Gasteiger charge is -2.35. The molecule has 1 fully saturated rings. The van der Waals surface area contributed by atoms with Gasteiger partial charge in [-0.1, -0.05) is 20.3 Å². The first-order chi connectivity index (χ1) is 7.77. The summed E-state index contributed by atoms with van der Waals surface area (Å²) in [5.41, 5.74) is 0. The van der Waals surface area contributed by atoms with Gasteiger partial charge in [-0.25, -0.2) is 0 Å². The highest BCUT2D eigenvalue weighted by molar-refractivity contribution is 4.84. The quantitative estimate of drug-likeness (QED) is 0.534. The fraction of sp³-hybridized carbons (Fsp3) is 0.867. The van der Waals surface area contributed by atoms with Crippen molar-refractivity contribution in [3.63, 3.8) is 0 Å². The number of hydrogen-bond donors (Lipinski definition) is 1. The fourth-order valence-electron chi connectivity index (χ4n) is 2.86. The van der Waals surface area contributed by atoms with Crippen LogP contribution in [0.2, 0.25) is 0 Å². The predicted molar refractivity (Wildman–Crippen MR) is 71.3 cm³/mol. The van der Waals surface area contributed by atoms with E-state index in [9.17, 15) is 0 Å². The van der Waals surface area contributed by atoms with Crippen LogP contribution >= 0.6 is 0 Å². The second-order valence-corrected chi connectivity index (χ2v) is 5.31. The highest BCUT2D eigenvalue weighted by Gasteiger charge is 2.26. The highest BCUT2D eigenvalue weighted by Crippen LogP contribution is 2.30. The van der Waals surface area contributed by atoms with Gasteiger partial charge in [0.15, 0.2) is 0 Å². The summed E-state index contributed by atoms with van der Waals surface area (Å²) >= 11 is 0. The van der Waals surface area contributed by atoms with Gasteiger partial charge >= 0.3 is 0 Å². The van der Waals surface area contributed by atoms with Crippen LogP contribution in [-0.2, 0) is 0 Å². The largest absolute Gasteiger partial charge is 0.314 e. The van der Waals surface area contributed by atoms with E-state index in [4.69, 9.17) is 6.42 Å². The fourth-order valence-corrected chi connectivity index (χ4v) is 2.86. The van der Waals surface area contributed by atoms with Crippen molar-refractivity contribution >= 4 is 0 Å². The zero-order valence-corrected chi connectivity index (χ0v) is 11.0. The van der Waals surface area contributed by atoms with E-state index < -0.39 is 0 Å². The Hall–Kier alpha value is -0.480. The zero-order valence-electron chi connectivity index (χ0n) is 11.0. The minimum atomic E-state index is 0.770. The van der Waals surface area contributed by atoms with E-state index in [2.05, 4.69) is 25.1 Å². The van der Waals surface area contributed by atoms with Crippen molar-refractivity contribution in [3.05, 3.63) is 0 Å². The van der Waals surface area contributed by atoms with E-state index in [0.717, 1.165) is 30.8 Å². The van der Waals surface area contributed by atoms with Gasteiger partial charge in [-0.2, -0.15) is 0 Å². The smallest absolute Gasteiger partial charge is 0.00954 e. The lowest BCUT2D eigenvalue weighted by atomic mass is 9.77. The third kappa shape index (κ3) is 4.58. The molecule has 1 saturated carbocycles. The van der Waals surface area contributed by atoms with Crippen molar-refractivity contribution in [3.8, 4) is 12.3 Å². The normalized spacial score (nSPS) is 29.9. The minimum Gasteiger partial charge on any atom is -0.314 e. The lowest BCUT2D eigenvalue weighted by molar-refractivity contribution is 0.207. The number of unbranched alkanes of at least 4 members (excludes halogenated alkanes) is 2. The van der Waals surface area contributed by atoms with Gasteiger partial charge in [0.1, 0.15) is 0 Å². The molecule has 1 nitrogen and oxygen atoms in total. The van der Waals surface area contributed by atoms with E-state index in [-0.39, 0.29) is 0 Å². The maximum Gasteiger partial charge on any atom is 0.00954 e. The van der Waals surface area contributed by atoms with Gasteiger partial charge in [0, 0.05) is 12.5 Å². The molecule has 0 saturated heterocycles. The van der Waals surface area contributed by atoms with E-state index in [1.807, 2.05) is 0 Å². The average Bonchev–Trinajstić information content (AvgIpc) is 2.30. The molecule has 3 atom stereocenters. The molecule has 0 bridgehead atoms. The molecule has 92 valence electrons. The molecule has 0 amide bonds. The van der Waals surface area contributed by atoms with Crippen LogP contribution in [0.5, 0.6) is 0 Å². The molecule has 1 N–H and O–H groups in total. The van der Waals surface area contributed by atoms with Crippen LogP contribution in [0.25, 0.3) is 0 Å². The van der Waals surface area contributed by atoms with Gasteiger partial charge in [0.2, 0.25) is 0 Å². The Bertz CT molecular complexity index is 216. The molecule has 16 heavy (non-hydrogen) atoms. The molecule has 1 heteroatoms. The number of terminal acetylenes is 1. The summed E-state index contributed by atoms with van der Waals surface area (Å²) < 4.78 is 0. The Morgan fingerprint density at radius 2 is 2.12 bits per heavy atom. The van der Waals surface area contributed by atoms with Crippen LogP contribution in [0.15, 0.2) is 0 Å². The Balaban J connectivity index is 2.17. The summed E-state index contributed by atoms with van der Waals surface area (Å²) in [7, 11) is 0. The highest BCUT2D eigenvalue weighted by atomic mass is 14.9. The Morgan fingerprint density at radius 3 is 2.81 bits per heavy atom. The molecule has 0 aromatic carbocycles. The standard InChI is InChI=1S/C15H27N/c1-4-6-7-8-11-16-15-10-9-13(3)12-14(15)5-2/h1,13-16H,5-12H2,2-3H3. The first kappa shape index (κ1) is 13.6. The Morgan fingerprint density at radius 1 is 1.31 bits per heavy atom. The first-order valence-electron chi connectivity index (χ1n) is 6.94. The summed E-state index contributed by atoms with van der Waals surface area (Å²) in [6, 6.07) is 0.770. The summed E-state index contributed by atoms with van der Waals surface area (Å²) in [6.45, 7) is 5.87. The second-order valence-electron chi connectivity index (χ2n) is 5.31. The third-order valence-corrected chi connectivity index (χ3v) is 3.92. The average molecular weight is 221 g/mol. The van der Waals surface area contributed by atoms with Crippen molar-refractivity contribution in [2.75, 3.05) is 6.54 Å². The summed E-state index contributed by atoms with van der Waals surface area (Å²) in [6.07, 6.45) is 14.1. The maximum atomic E-state index is 5.24. The van der Waals surface area contributed by atoms with Crippen molar-refractivity contribution < 1.29 is 0 Å². The van der Waals surface area contributed by atoms with Crippen LogP contribution in [0.3, 0.4) is 0 Å². The van der Waals surface area contributed by atoms with Gasteiger partial charge in [0.05, 0.1) is 0 Å². The minimum absolute atomic E-state index is 0.770. The van der Waals surface area contributed by atoms with Crippen LogP contribution in [0.1, 0.15) is 58.8 Å². The van der Waals surface area contributed by atoms with Gasteiger partial charge in [-0.15, -0.1) is 12.3 Å². The van der Waals surface area contributed by atoms with Gasteiger partial charge in [0.25, 0.3) is 0 Å². The molecule has 0 aliphatic heterocycles. The van der Waals surface area contributed by atoms with Crippen molar-refractivity contribution in [1.29, 1.82) is 0 Å². The number of nitrogens with one attached hydrogen (secondary N) is 1. The molecular weight excluding hydrogens is 194 g/mol. The molecular formula is C15H27N. The molecule has 0 heterocycles. The van der Waals surface area contributed by atoms with Crippen LogP contribution in [0.4, 0.5) is 0 Å². The molecule has 0 aromatic rings. The topological polar surface area (TPSA) is 12.0 Å². The van der Waals surface area contributed by atoms with Crippen molar-refractivity contribution in [2.24, 2.45) is 11.8 Å². The Kier molecular flexibility index (Phi) is 6.57. The van der Waals surface area contributed by atoms with E-state index in [1.165, 1.54) is 38.5 Å². The van der Waals surface area contributed by atoms with E-state index in [0.29, 0.717) is 0 Å². The van der Waals surface area contributed by atoms with Crippen molar-refractivity contribution in [2.45, 2.75) is 64.8 Å². The number of hydrogen-bond acceptors (Lipinski definition) is 1. The van der Waals surface area contributed by atoms with Crippen LogP contribution in [-0.4, -0.2) is 12.6 Å². The van der Waals surface area contributed by atoms with Crippen LogP contribution < -0.4 is 5.32 Å². The molecule has 0 spiro atoms. The van der Waals surface area contributed by atoms with E-state index in [1.54, 1.807) is 0 Å². The predicted octanol–water partition coefficient (Wildman–Crippen LogP) is 3.59. The lowest BCUT2D eigenvalue weighted by Crippen LogP contribution is -2.40. The summed E-state index contributed by atoms with van der Waals surface area (Å²) in [4.78, 5) is 0. The monoisotopic (exact) mass is 221 g/mol. The molecule has 0 aromatic heterocycles. The second kappa shape index (κ2) is 7.74. The van der Waals surface area contributed by atoms with Crippen molar-refractivity contribution in [1.82, 2.24) is 5.32 Å². The van der Waals surface area contributed by atoms with Gasteiger partial charge in [-0.3, -0.25) is 0 Å². The summed E-state index contributed by atoms with van der Waals surface area (Å²) in [5.74, 6) is 4.54.